The summed E-state index contributed by atoms with van der Waals surface area (Å²) in [7, 11) is -3.47. The van der Waals surface area contributed by atoms with Crippen molar-refractivity contribution < 1.29 is 13.2 Å². The van der Waals surface area contributed by atoms with Crippen LogP contribution in [0.3, 0.4) is 0 Å². The average molecular weight is 411 g/mol. The Morgan fingerprint density at radius 2 is 1.72 bits per heavy atom. The fourth-order valence-electron chi connectivity index (χ4n) is 3.86. The first kappa shape index (κ1) is 21.0. The molecule has 0 aliphatic heterocycles. The highest BCUT2D eigenvalue weighted by molar-refractivity contribution is 7.89. The quantitative estimate of drug-likeness (QED) is 0.548. The lowest BCUT2D eigenvalue weighted by Crippen LogP contribution is -2.15. The van der Waals surface area contributed by atoms with Crippen LogP contribution in [0.5, 0.6) is 0 Å². The van der Waals surface area contributed by atoms with Crippen molar-refractivity contribution in [3.63, 3.8) is 0 Å². The first-order chi connectivity index (χ1) is 13.7. The zero-order valence-electron chi connectivity index (χ0n) is 17.3. The fourth-order valence-corrected chi connectivity index (χ4v) is 5.48. The fraction of sp³-hybridized carbons (Fsp3) is 0.304. The van der Waals surface area contributed by atoms with Gasteiger partial charge in [0, 0.05) is 24.5 Å². The molecule has 0 aliphatic rings. The van der Waals surface area contributed by atoms with Gasteiger partial charge in [-0.05, 0) is 55.5 Å². The molecule has 0 saturated carbocycles. The third kappa shape index (κ3) is 4.82. The number of hydrogen-bond acceptors (Lipinski definition) is 4. The minimum atomic E-state index is -3.47. The number of nitrogens with zero attached hydrogens (tertiary/aromatic N) is 2. The van der Waals surface area contributed by atoms with Gasteiger partial charge in [-0.15, -0.1) is 0 Å². The van der Waals surface area contributed by atoms with E-state index in [1.807, 2.05) is 61.7 Å². The van der Waals surface area contributed by atoms with Crippen LogP contribution in [0.2, 0.25) is 0 Å². The van der Waals surface area contributed by atoms with Crippen LogP contribution in [0.4, 0.5) is 0 Å². The van der Waals surface area contributed by atoms with Crippen molar-refractivity contribution >= 4 is 15.6 Å². The minimum Gasteiger partial charge on any atom is -0.330 e. The first-order valence-corrected chi connectivity index (χ1v) is 11.3. The van der Waals surface area contributed by atoms with E-state index in [2.05, 4.69) is 4.98 Å². The molecule has 0 radical (unpaired) electrons. The first-order valence-electron chi connectivity index (χ1n) is 9.53. The standard InChI is InChI=1S/C23H26N2O3S/c1-16-12-17(2)23(19(4)26)18(3)21(16)14-29(27,28)15-22-24-10-11-25(22)13-20-8-6-5-7-9-20/h5-12H,13-15H2,1-4H3. The maximum Gasteiger partial charge on any atom is 0.161 e. The van der Waals surface area contributed by atoms with Crippen LogP contribution in [-0.4, -0.2) is 23.8 Å². The van der Waals surface area contributed by atoms with Crippen molar-refractivity contribution in [1.82, 2.24) is 9.55 Å². The van der Waals surface area contributed by atoms with Gasteiger partial charge >= 0.3 is 0 Å². The lowest BCUT2D eigenvalue weighted by Gasteiger charge is -2.16. The molecule has 0 atom stereocenters. The summed E-state index contributed by atoms with van der Waals surface area (Å²) in [6, 6.07) is 11.8. The van der Waals surface area contributed by atoms with Crippen molar-refractivity contribution in [2.75, 3.05) is 0 Å². The lowest BCUT2D eigenvalue weighted by atomic mass is 9.92. The number of carbonyl (C=O) groups excluding carboxylic acids is 1. The molecule has 3 aromatic rings. The molecule has 6 heteroatoms. The Morgan fingerprint density at radius 1 is 1.03 bits per heavy atom. The molecule has 0 unspecified atom stereocenters. The summed E-state index contributed by atoms with van der Waals surface area (Å²) in [5, 5.41) is 0. The molecule has 0 N–H and O–H groups in total. The van der Waals surface area contributed by atoms with Crippen LogP contribution < -0.4 is 0 Å². The predicted octanol–water partition coefficient (Wildman–Crippen LogP) is 4.17. The summed E-state index contributed by atoms with van der Waals surface area (Å²) < 4.78 is 27.9. The summed E-state index contributed by atoms with van der Waals surface area (Å²) >= 11 is 0. The molecule has 2 aromatic carbocycles. The van der Waals surface area contributed by atoms with Gasteiger partial charge in [0.05, 0.1) is 5.75 Å². The molecule has 1 aromatic heterocycles. The molecule has 0 fully saturated rings. The molecule has 3 rings (SSSR count). The van der Waals surface area contributed by atoms with Gasteiger partial charge in [0.1, 0.15) is 11.6 Å². The Morgan fingerprint density at radius 3 is 2.38 bits per heavy atom. The van der Waals surface area contributed by atoms with Crippen molar-refractivity contribution in [2.45, 2.75) is 45.7 Å². The zero-order chi connectivity index (χ0) is 21.2. The van der Waals surface area contributed by atoms with E-state index in [4.69, 9.17) is 0 Å². The smallest absolute Gasteiger partial charge is 0.161 e. The number of aryl methyl sites for hydroxylation is 2. The van der Waals surface area contributed by atoms with E-state index in [0.717, 1.165) is 22.3 Å². The van der Waals surface area contributed by atoms with Gasteiger partial charge in [-0.3, -0.25) is 4.79 Å². The van der Waals surface area contributed by atoms with Crippen LogP contribution in [0.15, 0.2) is 48.8 Å². The second-order valence-corrected chi connectivity index (χ2v) is 9.60. The molecule has 0 spiro atoms. The van der Waals surface area contributed by atoms with Crippen molar-refractivity contribution in [2.24, 2.45) is 0 Å². The van der Waals surface area contributed by atoms with Crippen LogP contribution in [0.1, 0.15) is 50.9 Å². The van der Waals surface area contributed by atoms with Crippen molar-refractivity contribution in [3.05, 3.63) is 88.0 Å². The van der Waals surface area contributed by atoms with Gasteiger partial charge in [-0.1, -0.05) is 36.4 Å². The van der Waals surface area contributed by atoms with Gasteiger partial charge < -0.3 is 4.57 Å². The number of hydrogen-bond donors (Lipinski definition) is 0. The van der Waals surface area contributed by atoms with E-state index < -0.39 is 9.84 Å². The number of benzene rings is 2. The summed E-state index contributed by atoms with van der Waals surface area (Å²) in [4.78, 5) is 16.3. The van der Waals surface area contributed by atoms with Gasteiger partial charge in [0.15, 0.2) is 15.6 Å². The molecule has 152 valence electrons. The highest BCUT2D eigenvalue weighted by Crippen LogP contribution is 2.25. The lowest BCUT2D eigenvalue weighted by molar-refractivity contribution is 0.101. The van der Waals surface area contributed by atoms with Crippen LogP contribution in [0.25, 0.3) is 0 Å². The Labute approximate surface area is 172 Å². The summed E-state index contributed by atoms with van der Waals surface area (Å²) in [6.07, 6.45) is 3.43. The van der Waals surface area contributed by atoms with E-state index in [1.165, 1.54) is 6.92 Å². The van der Waals surface area contributed by atoms with E-state index >= 15 is 0 Å². The Hall–Kier alpha value is -2.73. The number of ketones is 1. The molecule has 0 saturated heterocycles. The molecule has 0 bridgehead atoms. The second kappa shape index (κ2) is 8.33. The number of rotatable bonds is 7. The number of aromatic nitrogens is 2. The molecule has 1 heterocycles. The Kier molecular flexibility index (Phi) is 6.03. The second-order valence-electron chi connectivity index (χ2n) is 7.53. The zero-order valence-corrected chi connectivity index (χ0v) is 18.1. The maximum atomic E-state index is 13.0. The van der Waals surface area contributed by atoms with Crippen molar-refractivity contribution in [1.29, 1.82) is 0 Å². The average Bonchev–Trinajstić information content (AvgIpc) is 3.05. The van der Waals surface area contributed by atoms with Gasteiger partial charge in [0.25, 0.3) is 0 Å². The molecular formula is C23H26N2O3S. The predicted molar refractivity (Wildman–Crippen MR) is 115 cm³/mol. The Balaban J connectivity index is 1.87. The summed E-state index contributed by atoms with van der Waals surface area (Å²) in [5.41, 5.74) is 4.94. The third-order valence-corrected chi connectivity index (χ3v) is 6.62. The Bertz CT molecular complexity index is 1150. The SMILES string of the molecule is CC(=O)c1c(C)cc(C)c(CS(=O)(=O)Cc2nccn2Cc2ccccc2)c1C. The van der Waals surface area contributed by atoms with Crippen LogP contribution in [0, 0.1) is 20.8 Å². The number of Topliss-reactive ketones (excluding diaryl/α,β-unsaturated/α-hetero) is 1. The molecule has 5 nitrogen and oxygen atoms in total. The molecule has 0 amide bonds. The maximum absolute atomic E-state index is 13.0. The topological polar surface area (TPSA) is 69.0 Å². The highest BCUT2D eigenvalue weighted by atomic mass is 32.2. The largest absolute Gasteiger partial charge is 0.330 e. The van der Waals surface area contributed by atoms with Crippen molar-refractivity contribution in [3.8, 4) is 0 Å². The van der Waals surface area contributed by atoms with E-state index in [-0.39, 0.29) is 17.3 Å². The number of imidazole rings is 1. The third-order valence-electron chi connectivity index (χ3n) is 5.19. The minimum absolute atomic E-state index is 0.0444. The normalized spacial score (nSPS) is 11.6. The van der Waals surface area contributed by atoms with Gasteiger partial charge in [-0.25, -0.2) is 13.4 Å². The van der Waals surface area contributed by atoms with E-state index in [0.29, 0.717) is 23.5 Å². The van der Waals surface area contributed by atoms with Crippen LogP contribution >= 0.6 is 0 Å². The number of sulfone groups is 1. The molecule has 0 aliphatic carbocycles. The van der Waals surface area contributed by atoms with Gasteiger partial charge in [-0.2, -0.15) is 0 Å². The molecule has 29 heavy (non-hydrogen) atoms. The monoisotopic (exact) mass is 410 g/mol. The van der Waals surface area contributed by atoms with Crippen LogP contribution in [-0.2, 0) is 27.9 Å². The molecular weight excluding hydrogens is 384 g/mol. The summed E-state index contributed by atoms with van der Waals surface area (Å²) in [5.74, 6) is 0.221. The number of carbonyl (C=O) groups is 1. The van der Waals surface area contributed by atoms with E-state index in [1.54, 1.807) is 12.4 Å². The summed E-state index contributed by atoms with van der Waals surface area (Å²) in [6.45, 7) is 7.70. The highest BCUT2D eigenvalue weighted by Gasteiger charge is 2.22. The van der Waals surface area contributed by atoms with E-state index in [9.17, 15) is 13.2 Å². The van der Waals surface area contributed by atoms with Gasteiger partial charge in [0.2, 0.25) is 0 Å².